The van der Waals surface area contributed by atoms with Crippen LogP contribution in [0.1, 0.15) is 39.5 Å². The number of aliphatic hydroxyl groups is 2. The second-order valence-electron chi connectivity index (χ2n) is 3.49. The Morgan fingerprint density at radius 3 is 2.40 bits per heavy atom. The predicted octanol–water partition coefficient (Wildman–Crippen LogP) is 1.37. The Kier molecular flexibility index (Phi) is 6.20. The van der Waals surface area contributed by atoms with Crippen molar-refractivity contribution in [3.8, 4) is 0 Å². The highest BCUT2D eigenvalue weighted by atomic mass is 16.5. The van der Waals surface area contributed by atoms with Gasteiger partial charge in [0.15, 0.2) is 5.79 Å². The molecule has 0 heterocycles. The lowest BCUT2D eigenvalue weighted by molar-refractivity contribution is -0.159. The van der Waals surface area contributed by atoms with E-state index < -0.39 is 11.8 Å². The van der Waals surface area contributed by atoms with Crippen LogP contribution in [0.3, 0.4) is 0 Å². The molecule has 0 unspecified atom stereocenters. The Labute approximate surface area is 90.6 Å². The van der Waals surface area contributed by atoms with Gasteiger partial charge in [0.1, 0.15) is 0 Å². The van der Waals surface area contributed by atoms with Crippen LogP contribution in [-0.2, 0) is 9.53 Å². The van der Waals surface area contributed by atoms with Gasteiger partial charge in [0.25, 0.3) is 0 Å². The minimum Gasteiger partial charge on any atom is -0.462 e. The number of hydrogen-bond acceptors (Lipinski definition) is 4. The van der Waals surface area contributed by atoms with E-state index in [4.69, 9.17) is 4.74 Å². The Hall–Kier alpha value is -0.870. The molecule has 0 radical (unpaired) electrons. The third kappa shape index (κ3) is 4.95. The minimum atomic E-state index is -2.15. The highest BCUT2D eigenvalue weighted by molar-refractivity contribution is 5.89. The Bertz CT molecular complexity index is 221. The average molecular weight is 216 g/mol. The van der Waals surface area contributed by atoms with Crippen molar-refractivity contribution in [1.29, 1.82) is 0 Å². The number of rotatable bonds is 7. The number of esters is 1. The monoisotopic (exact) mass is 216 g/mol. The van der Waals surface area contributed by atoms with Crippen LogP contribution in [0.15, 0.2) is 12.2 Å². The molecule has 0 aliphatic carbocycles. The van der Waals surface area contributed by atoms with E-state index in [1.54, 1.807) is 6.92 Å². The summed E-state index contributed by atoms with van der Waals surface area (Å²) in [6.45, 7) is 7.22. The maximum absolute atomic E-state index is 11.3. The quantitative estimate of drug-likeness (QED) is 0.292. The minimum absolute atomic E-state index is 0.00981. The molecule has 0 aliphatic heterocycles. The van der Waals surface area contributed by atoms with Crippen molar-refractivity contribution in [2.45, 2.75) is 45.3 Å². The van der Waals surface area contributed by atoms with Gasteiger partial charge in [-0.3, -0.25) is 0 Å². The van der Waals surface area contributed by atoms with Gasteiger partial charge in [0.2, 0.25) is 0 Å². The molecule has 15 heavy (non-hydrogen) atoms. The topological polar surface area (TPSA) is 66.8 Å². The van der Waals surface area contributed by atoms with Gasteiger partial charge in [0.05, 0.1) is 12.2 Å². The summed E-state index contributed by atoms with van der Waals surface area (Å²) in [6.07, 6.45) is 2.82. The summed E-state index contributed by atoms with van der Waals surface area (Å²) in [5, 5.41) is 18.6. The lowest BCUT2D eigenvalue weighted by Gasteiger charge is -2.20. The summed E-state index contributed by atoms with van der Waals surface area (Å²) < 4.78 is 4.84. The first-order valence-electron chi connectivity index (χ1n) is 5.27. The summed E-state index contributed by atoms with van der Waals surface area (Å²) in [4.78, 5) is 11.3. The van der Waals surface area contributed by atoms with E-state index in [1.807, 2.05) is 6.92 Å². The molecular weight excluding hydrogens is 196 g/mol. The Balaban J connectivity index is 3.95. The molecule has 0 saturated carbocycles. The molecule has 0 aromatic rings. The fourth-order valence-corrected chi connectivity index (χ4v) is 0.981. The van der Waals surface area contributed by atoms with Crippen molar-refractivity contribution in [2.24, 2.45) is 0 Å². The zero-order chi connectivity index (χ0) is 11.9. The standard InChI is InChI=1S/C11H20O4/c1-4-6-7-8-15-10(12)9(3)11(13,14)5-2/h13-14H,3-8H2,1-2H3. The van der Waals surface area contributed by atoms with Crippen LogP contribution in [0.5, 0.6) is 0 Å². The molecule has 4 nitrogen and oxygen atoms in total. The van der Waals surface area contributed by atoms with E-state index in [9.17, 15) is 15.0 Å². The molecule has 0 amide bonds. The van der Waals surface area contributed by atoms with E-state index in [2.05, 4.69) is 6.58 Å². The molecule has 0 rings (SSSR count). The first-order valence-corrected chi connectivity index (χ1v) is 5.27. The number of carbonyl (C=O) groups excluding carboxylic acids is 1. The fourth-order valence-electron chi connectivity index (χ4n) is 0.981. The summed E-state index contributed by atoms with van der Waals surface area (Å²) >= 11 is 0. The summed E-state index contributed by atoms with van der Waals surface area (Å²) in [6, 6.07) is 0. The van der Waals surface area contributed by atoms with E-state index in [1.165, 1.54) is 0 Å². The van der Waals surface area contributed by atoms with Crippen LogP contribution >= 0.6 is 0 Å². The first-order chi connectivity index (χ1) is 6.95. The number of hydrogen-bond donors (Lipinski definition) is 2. The third-order valence-electron chi connectivity index (χ3n) is 2.20. The van der Waals surface area contributed by atoms with Gasteiger partial charge >= 0.3 is 5.97 Å². The van der Waals surface area contributed by atoms with Crippen molar-refractivity contribution in [3.05, 3.63) is 12.2 Å². The average Bonchev–Trinajstić information content (AvgIpc) is 2.23. The van der Waals surface area contributed by atoms with Gasteiger partial charge in [0, 0.05) is 6.42 Å². The smallest absolute Gasteiger partial charge is 0.338 e. The molecule has 2 N–H and O–H groups in total. The van der Waals surface area contributed by atoms with Crippen molar-refractivity contribution < 1.29 is 19.7 Å². The number of unbranched alkanes of at least 4 members (excludes halogenated alkanes) is 2. The van der Waals surface area contributed by atoms with Crippen LogP contribution in [-0.4, -0.2) is 28.6 Å². The summed E-state index contributed by atoms with van der Waals surface area (Å²) in [5.74, 6) is -2.89. The largest absolute Gasteiger partial charge is 0.462 e. The Morgan fingerprint density at radius 1 is 1.33 bits per heavy atom. The zero-order valence-corrected chi connectivity index (χ0v) is 9.45. The molecule has 4 heteroatoms. The first kappa shape index (κ1) is 14.1. The van der Waals surface area contributed by atoms with Crippen LogP contribution in [0.25, 0.3) is 0 Å². The van der Waals surface area contributed by atoms with E-state index >= 15 is 0 Å². The van der Waals surface area contributed by atoms with E-state index in [-0.39, 0.29) is 12.0 Å². The molecule has 0 saturated heterocycles. The maximum Gasteiger partial charge on any atom is 0.338 e. The summed E-state index contributed by atoms with van der Waals surface area (Å²) in [5.41, 5.74) is -0.304. The normalized spacial score (nSPS) is 11.2. The van der Waals surface area contributed by atoms with Crippen LogP contribution in [0, 0.1) is 0 Å². The van der Waals surface area contributed by atoms with Crippen molar-refractivity contribution in [2.75, 3.05) is 6.61 Å². The van der Waals surface area contributed by atoms with Crippen LogP contribution in [0.4, 0.5) is 0 Å². The molecule has 0 fully saturated rings. The maximum atomic E-state index is 11.3. The van der Waals surface area contributed by atoms with Crippen molar-refractivity contribution in [3.63, 3.8) is 0 Å². The molecule has 0 spiro atoms. The fraction of sp³-hybridized carbons (Fsp3) is 0.727. The lowest BCUT2D eigenvalue weighted by Crippen LogP contribution is -2.34. The van der Waals surface area contributed by atoms with Gasteiger partial charge in [-0.25, -0.2) is 4.79 Å². The second-order valence-corrected chi connectivity index (χ2v) is 3.49. The molecule has 0 atom stereocenters. The molecule has 0 aromatic heterocycles. The number of ether oxygens (including phenoxy) is 1. The Morgan fingerprint density at radius 2 is 1.93 bits per heavy atom. The molecule has 0 bridgehead atoms. The van der Waals surface area contributed by atoms with Crippen molar-refractivity contribution >= 4 is 5.97 Å². The van der Waals surface area contributed by atoms with Gasteiger partial charge in [-0.2, -0.15) is 0 Å². The highest BCUT2D eigenvalue weighted by Crippen LogP contribution is 2.17. The zero-order valence-electron chi connectivity index (χ0n) is 9.45. The van der Waals surface area contributed by atoms with E-state index in [0.717, 1.165) is 19.3 Å². The lowest BCUT2D eigenvalue weighted by atomic mass is 10.1. The van der Waals surface area contributed by atoms with Gasteiger partial charge in [-0.1, -0.05) is 33.3 Å². The highest BCUT2D eigenvalue weighted by Gasteiger charge is 2.30. The molecule has 0 aromatic carbocycles. The summed E-state index contributed by atoms with van der Waals surface area (Å²) in [7, 11) is 0. The third-order valence-corrected chi connectivity index (χ3v) is 2.20. The molecule has 0 aliphatic rings. The predicted molar refractivity (Wildman–Crippen MR) is 57.1 cm³/mol. The molecular formula is C11H20O4. The van der Waals surface area contributed by atoms with Gasteiger partial charge in [-0.15, -0.1) is 0 Å². The SMILES string of the molecule is C=C(C(=O)OCCCCC)C(O)(O)CC. The van der Waals surface area contributed by atoms with Gasteiger partial charge in [-0.05, 0) is 6.42 Å². The van der Waals surface area contributed by atoms with E-state index in [0.29, 0.717) is 6.61 Å². The second kappa shape index (κ2) is 6.58. The van der Waals surface area contributed by atoms with Gasteiger partial charge < -0.3 is 14.9 Å². The van der Waals surface area contributed by atoms with Crippen LogP contribution in [0.2, 0.25) is 0 Å². The number of carbonyl (C=O) groups is 1. The van der Waals surface area contributed by atoms with Crippen LogP contribution < -0.4 is 0 Å². The molecule has 88 valence electrons. The van der Waals surface area contributed by atoms with Crippen molar-refractivity contribution in [1.82, 2.24) is 0 Å².